The lowest BCUT2D eigenvalue weighted by molar-refractivity contribution is -0.139. The number of nitrogens with zero attached hydrogens (tertiary/aromatic N) is 1. The molecule has 0 fully saturated rings. The number of carbonyl (C=O) groups excluding carboxylic acids is 1. The van der Waals surface area contributed by atoms with E-state index in [1.165, 1.54) is 0 Å². The molecule has 5 nitrogen and oxygen atoms in total. The molecule has 0 aliphatic rings. The van der Waals surface area contributed by atoms with Crippen LogP contribution in [-0.4, -0.2) is 35.5 Å². The number of aryl methyl sites for hydroxylation is 2. The van der Waals surface area contributed by atoms with Gasteiger partial charge >= 0.3 is 5.97 Å². The number of benzene rings is 2. The molecular weight excluding hydrogens is 306 g/mol. The molecule has 0 aliphatic carbocycles. The zero-order valence-corrected chi connectivity index (χ0v) is 14.1. The highest BCUT2D eigenvalue weighted by molar-refractivity contribution is 5.94. The first-order valence-electron chi connectivity index (χ1n) is 7.63. The van der Waals surface area contributed by atoms with E-state index in [-0.39, 0.29) is 12.5 Å². The Hall–Kier alpha value is -2.82. The molecule has 5 heteroatoms. The Balaban J connectivity index is 2.00. The van der Waals surface area contributed by atoms with E-state index in [9.17, 15) is 9.59 Å². The largest absolute Gasteiger partial charge is 0.482 e. The fourth-order valence-electron chi connectivity index (χ4n) is 2.28. The average Bonchev–Trinajstić information content (AvgIpc) is 2.56. The van der Waals surface area contributed by atoms with Crippen LogP contribution in [0.15, 0.2) is 42.5 Å². The fourth-order valence-corrected chi connectivity index (χ4v) is 2.28. The second-order valence-electron chi connectivity index (χ2n) is 5.79. The molecule has 2 aromatic rings. The van der Waals surface area contributed by atoms with Crippen LogP contribution < -0.4 is 4.74 Å². The fraction of sp³-hybridized carbons (Fsp3) is 0.263. The zero-order valence-electron chi connectivity index (χ0n) is 14.1. The first-order valence-corrected chi connectivity index (χ1v) is 7.63. The van der Waals surface area contributed by atoms with Crippen molar-refractivity contribution >= 4 is 11.9 Å². The summed E-state index contributed by atoms with van der Waals surface area (Å²) in [6.45, 7) is 4.10. The van der Waals surface area contributed by atoms with Crippen molar-refractivity contribution in [2.45, 2.75) is 20.4 Å². The van der Waals surface area contributed by atoms with E-state index in [0.717, 1.165) is 16.7 Å². The minimum Gasteiger partial charge on any atom is -0.482 e. The Morgan fingerprint density at radius 1 is 1.04 bits per heavy atom. The van der Waals surface area contributed by atoms with Crippen LogP contribution in [0.5, 0.6) is 5.75 Å². The van der Waals surface area contributed by atoms with Gasteiger partial charge in [-0.25, -0.2) is 4.79 Å². The molecular formula is C19H21NO4. The highest BCUT2D eigenvalue weighted by Gasteiger charge is 2.13. The number of amides is 1. The standard InChI is InChI=1S/C19H21NO4/c1-13-4-7-16(10-14(13)2)19(23)20(3)11-15-5-8-17(9-6-15)24-12-18(21)22/h4-10H,11-12H2,1-3H3,(H,21,22). The lowest BCUT2D eigenvalue weighted by atomic mass is 10.1. The number of rotatable bonds is 6. The SMILES string of the molecule is Cc1ccc(C(=O)N(C)Cc2ccc(OCC(=O)O)cc2)cc1C. The molecule has 2 aromatic carbocycles. The van der Waals surface area contributed by atoms with Crippen molar-refractivity contribution in [3.8, 4) is 5.75 Å². The highest BCUT2D eigenvalue weighted by atomic mass is 16.5. The summed E-state index contributed by atoms with van der Waals surface area (Å²) in [6.07, 6.45) is 0. The van der Waals surface area contributed by atoms with Crippen molar-refractivity contribution in [2.24, 2.45) is 0 Å². The molecule has 0 unspecified atom stereocenters. The van der Waals surface area contributed by atoms with Crippen molar-refractivity contribution in [1.29, 1.82) is 0 Å². The van der Waals surface area contributed by atoms with E-state index in [2.05, 4.69) is 0 Å². The second kappa shape index (κ2) is 7.64. The Kier molecular flexibility index (Phi) is 5.58. The molecule has 1 N–H and O–H groups in total. The number of carbonyl (C=O) groups is 2. The summed E-state index contributed by atoms with van der Waals surface area (Å²) in [4.78, 5) is 24.6. The summed E-state index contributed by atoms with van der Waals surface area (Å²) in [6, 6.07) is 12.7. The van der Waals surface area contributed by atoms with E-state index >= 15 is 0 Å². The summed E-state index contributed by atoms with van der Waals surface area (Å²) < 4.78 is 5.09. The Morgan fingerprint density at radius 3 is 2.29 bits per heavy atom. The average molecular weight is 327 g/mol. The van der Waals surface area contributed by atoms with Crippen molar-refractivity contribution in [1.82, 2.24) is 4.90 Å². The predicted octanol–water partition coefficient (Wildman–Crippen LogP) is 3.04. The molecule has 1 amide bonds. The van der Waals surface area contributed by atoms with Gasteiger partial charge in [-0.2, -0.15) is 0 Å². The smallest absolute Gasteiger partial charge is 0.341 e. The minimum atomic E-state index is -1.02. The van der Waals surface area contributed by atoms with Crippen LogP contribution in [0.4, 0.5) is 0 Å². The van der Waals surface area contributed by atoms with E-state index in [0.29, 0.717) is 17.9 Å². The van der Waals surface area contributed by atoms with Crippen LogP contribution in [0.2, 0.25) is 0 Å². The van der Waals surface area contributed by atoms with Gasteiger partial charge in [0, 0.05) is 19.2 Å². The first-order chi connectivity index (χ1) is 11.4. The zero-order chi connectivity index (χ0) is 17.7. The van der Waals surface area contributed by atoms with Crippen LogP contribution in [-0.2, 0) is 11.3 Å². The van der Waals surface area contributed by atoms with Gasteiger partial charge in [-0.05, 0) is 54.8 Å². The van der Waals surface area contributed by atoms with E-state index in [1.807, 2.05) is 44.2 Å². The van der Waals surface area contributed by atoms with Crippen LogP contribution >= 0.6 is 0 Å². The lowest BCUT2D eigenvalue weighted by Crippen LogP contribution is -2.26. The van der Waals surface area contributed by atoms with E-state index in [4.69, 9.17) is 9.84 Å². The molecule has 0 spiro atoms. The van der Waals surface area contributed by atoms with Gasteiger partial charge in [0.15, 0.2) is 6.61 Å². The molecule has 24 heavy (non-hydrogen) atoms. The van der Waals surface area contributed by atoms with Crippen molar-refractivity contribution in [3.63, 3.8) is 0 Å². The van der Waals surface area contributed by atoms with Gasteiger partial charge < -0.3 is 14.7 Å². The third-order valence-corrected chi connectivity index (χ3v) is 3.81. The normalized spacial score (nSPS) is 10.3. The Labute approximate surface area is 141 Å². The Bertz CT molecular complexity index is 738. The monoisotopic (exact) mass is 327 g/mol. The number of carboxylic acid groups (broad SMARTS) is 1. The van der Waals surface area contributed by atoms with Crippen molar-refractivity contribution < 1.29 is 19.4 Å². The second-order valence-corrected chi connectivity index (χ2v) is 5.79. The van der Waals surface area contributed by atoms with Crippen molar-refractivity contribution in [3.05, 3.63) is 64.7 Å². The maximum Gasteiger partial charge on any atom is 0.341 e. The Morgan fingerprint density at radius 2 is 1.71 bits per heavy atom. The van der Waals surface area contributed by atoms with Crippen LogP contribution in [0.25, 0.3) is 0 Å². The van der Waals surface area contributed by atoms with Crippen LogP contribution in [0.3, 0.4) is 0 Å². The summed E-state index contributed by atoms with van der Waals surface area (Å²) >= 11 is 0. The number of hydrogen-bond donors (Lipinski definition) is 1. The number of aliphatic carboxylic acids is 1. The molecule has 126 valence electrons. The minimum absolute atomic E-state index is 0.0377. The van der Waals surface area contributed by atoms with Gasteiger partial charge in [-0.1, -0.05) is 18.2 Å². The molecule has 0 bridgehead atoms. The summed E-state index contributed by atoms with van der Waals surface area (Å²) in [7, 11) is 1.76. The maximum absolute atomic E-state index is 12.5. The van der Waals surface area contributed by atoms with Gasteiger partial charge in [-0.3, -0.25) is 4.79 Å². The van der Waals surface area contributed by atoms with Crippen LogP contribution in [0, 0.1) is 13.8 Å². The quantitative estimate of drug-likeness (QED) is 0.885. The van der Waals surface area contributed by atoms with Crippen molar-refractivity contribution in [2.75, 3.05) is 13.7 Å². The summed E-state index contributed by atoms with van der Waals surface area (Å²) in [5.74, 6) is -0.564. The highest BCUT2D eigenvalue weighted by Crippen LogP contribution is 2.16. The van der Waals surface area contributed by atoms with Gasteiger partial charge in [0.25, 0.3) is 5.91 Å². The van der Waals surface area contributed by atoms with Gasteiger partial charge in [-0.15, -0.1) is 0 Å². The topological polar surface area (TPSA) is 66.8 Å². The van der Waals surface area contributed by atoms with Crippen LogP contribution in [0.1, 0.15) is 27.0 Å². The number of ether oxygens (including phenoxy) is 1. The van der Waals surface area contributed by atoms with Gasteiger partial charge in [0.05, 0.1) is 0 Å². The summed E-state index contributed by atoms with van der Waals surface area (Å²) in [5, 5.41) is 8.59. The molecule has 0 heterocycles. The predicted molar refractivity (Wildman–Crippen MR) is 91.3 cm³/mol. The molecule has 0 saturated carbocycles. The molecule has 0 aliphatic heterocycles. The summed E-state index contributed by atoms with van der Waals surface area (Å²) in [5.41, 5.74) is 3.86. The molecule has 0 atom stereocenters. The van der Waals surface area contributed by atoms with Gasteiger partial charge in [0.2, 0.25) is 0 Å². The maximum atomic E-state index is 12.5. The van der Waals surface area contributed by atoms with Gasteiger partial charge in [0.1, 0.15) is 5.75 Å². The number of hydrogen-bond acceptors (Lipinski definition) is 3. The van der Waals surface area contributed by atoms with E-state index < -0.39 is 5.97 Å². The third kappa shape index (κ3) is 4.59. The molecule has 2 rings (SSSR count). The third-order valence-electron chi connectivity index (χ3n) is 3.81. The molecule has 0 aromatic heterocycles. The molecule has 0 saturated heterocycles. The lowest BCUT2D eigenvalue weighted by Gasteiger charge is -2.18. The van der Waals surface area contributed by atoms with E-state index in [1.54, 1.807) is 24.1 Å². The molecule has 0 radical (unpaired) electrons. The first kappa shape index (κ1) is 17.5. The number of carboxylic acids is 1.